The maximum Gasteiger partial charge on any atom is 0.472 e. The molecule has 28 heteroatoms. The SMILES string of the molecule is COC1[C@H](C)O[C@H](COP(=O)(O)OCCCCc2cn(CCCC(=O)CCCCCCCOP(=O)([O-])OC3[C@@H](COP(=O)([O-])OC)O[C@@H](C)[C@H]3OC)nn2)[C@@H]1OP(=O)(O)OC. The molecule has 356 valence electrons. The summed E-state index contributed by atoms with van der Waals surface area (Å²) in [6.07, 6.45) is 0.874. The minimum absolute atomic E-state index is 0.0869. The van der Waals surface area contributed by atoms with E-state index < -0.39 is 93.3 Å². The van der Waals surface area contributed by atoms with Gasteiger partial charge in [-0.1, -0.05) is 24.5 Å². The Hall–Kier alpha value is -0.910. The van der Waals surface area contributed by atoms with Crippen molar-refractivity contribution >= 4 is 37.1 Å². The van der Waals surface area contributed by atoms with Gasteiger partial charge in [-0.2, -0.15) is 0 Å². The number of aryl methyl sites for hydroxylation is 2. The maximum atomic E-state index is 12.5. The molecule has 3 heterocycles. The van der Waals surface area contributed by atoms with Crippen LogP contribution >= 0.6 is 31.3 Å². The van der Waals surface area contributed by atoms with Gasteiger partial charge in [0.15, 0.2) is 0 Å². The van der Waals surface area contributed by atoms with Crippen molar-refractivity contribution in [1.82, 2.24) is 15.0 Å². The fraction of sp³-hybridized carbons (Fsp3) is 0.909. The van der Waals surface area contributed by atoms with E-state index in [-0.39, 0.29) is 19.0 Å². The first-order valence-corrected chi connectivity index (χ1v) is 25.8. The second-order valence-corrected chi connectivity index (χ2v) is 20.2. The summed E-state index contributed by atoms with van der Waals surface area (Å²) in [6, 6.07) is 0. The second kappa shape index (κ2) is 26.3. The molecule has 1 aromatic rings. The standard InChI is InChI=1S/C33H63N3O21P4/c1-24-30(46-3)32(56-59(40,41)49-6)29(55-24)23-53-60(42,43)50-20-13-11-15-26-21-36(35-34-26)18-14-17-27(37)16-10-8-7-9-12-19-51-61(44,45)57-33-28(22-52-58(38,39)48-5)54-25(2)31(33)47-4/h21,24-25,28-33H,7-20,22-23H2,1-6H3,(H,38,39)(H,40,41)(H,42,43)(H,44,45)/p-2/t24-,25-,28+,29+,30?,31+,32-,33?/m0/s1. The number of hydrogen-bond acceptors (Lipinski definition) is 21. The number of rotatable bonds is 33. The summed E-state index contributed by atoms with van der Waals surface area (Å²) in [5.41, 5.74) is 0.712. The van der Waals surface area contributed by atoms with Crippen LogP contribution in [0.3, 0.4) is 0 Å². The van der Waals surface area contributed by atoms with Gasteiger partial charge in [0.25, 0.3) is 15.6 Å². The lowest BCUT2D eigenvalue weighted by molar-refractivity contribution is -0.235. The number of hydrogen-bond donors (Lipinski definition) is 2. The van der Waals surface area contributed by atoms with Gasteiger partial charge >= 0.3 is 15.6 Å². The fourth-order valence-corrected chi connectivity index (χ4v) is 9.46. The van der Waals surface area contributed by atoms with Crippen molar-refractivity contribution < 1.29 is 97.8 Å². The Morgan fingerprint density at radius 2 is 1.25 bits per heavy atom. The molecule has 1 aromatic heterocycles. The largest absolute Gasteiger partial charge is 0.756 e. The predicted octanol–water partition coefficient (Wildman–Crippen LogP) is 3.16. The Bertz CT molecular complexity index is 1660. The molecule has 12 atom stereocenters. The van der Waals surface area contributed by atoms with Crippen LogP contribution < -0.4 is 9.79 Å². The van der Waals surface area contributed by atoms with Crippen molar-refractivity contribution in [2.45, 2.75) is 140 Å². The van der Waals surface area contributed by atoms with Crippen molar-refractivity contribution in [3.05, 3.63) is 11.9 Å². The number of carbonyl (C=O) groups is 1. The van der Waals surface area contributed by atoms with Crippen molar-refractivity contribution in [2.24, 2.45) is 0 Å². The third-order valence-corrected chi connectivity index (χ3v) is 13.6. The first kappa shape index (κ1) is 54.4. The molecule has 0 bridgehead atoms. The van der Waals surface area contributed by atoms with Crippen LogP contribution in [0.25, 0.3) is 0 Å². The molecule has 3 rings (SSSR count). The normalized spacial score (nSPS) is 28.3. The summed E-state index contributed by atoms with van der Waals surface area (Å²) in [5, 5.41) is 8.24. The zero-order valence-electron chi connectivity index (χ0n) is 35.3. The highest BCUT2D eigenvalue weighted by Gasteiger charge is 2.48. The monoisotopic (exact) mass is 959 g/mol. The Balaban J connectivity index is 1.22. The van der Waals surface area contributed by atoms with Crippen LogP contribution in [0.2, 0.25) is 0 Å². The highest BCUT2D eigenvalue weighted by atomic mass is 31.2. The maximum absolute atomic E-state index is 12.5. The molecule has 2 saturated heterocycles. The van der Waals surface area contributed by atoms with E-state index in [2.05, 4.69) is 19.4 Å². The number of unbranched alkanes of at least 4 members (excludes halogenated alkanes) is 5. The quantitative estimate of drug-likeness (QED) is 0.0755. The van der Waals surface area contributed by atoms with Crippen LogP contribution in [0, 0.1) is 0 Å². The van der Waals surface area contributed by atoms with Crippen LogP contribution in [-0.2, 0) is 91.2 Å². The molecule has 0 radical (unpaired) electrons. The van der Waals surface area contributed by atoms with Crippen LogP contribution in [-0.4, -0.2) is 134 Å². The zero-order chi connectivity index (χ0) is 45.3. The Morgan fingerprint density at radius 3 is 1.87 bits per heavy atom. The fourth-order valence-electron chi connectivity index (χ4n) is 6.64. The molecule has 2 N–H and O–H groups in total. The average molecular weight is 960 g/mol. The van der Waals surface area contributed by atoms with E-state index in [1.165, 1.54) is 14.2 Å². The number of ketones is 1. The number of nitrogens with zero attached hydrogens (tertiary/aromatic N) is 3. The Morgan fingerprint density at radius 1 is 0.689 bits per heavy atom. The van der Waals surface area contributed by atoms with Crippen molar-refractivity contribution in [2.75, 3.05) is 54.9 Å². The first-order chi connectivity index (χ1) is 28.7. The zero-order valence-corrected chi connectivity index (χ0v) is 38.9. The number of aromatic nitrogens is 3. The molecule has 0 aromatic carbocycles. The second-order valence-electron chi connectivity index (χ2n) is 14.3. The van der Waals surface area contributed by atoms with Gasteiger partial charge in [0, 0.05) is 54.0 Å². The van der Waals surface area contributed by atoms with Gasteiger partial charge in [-0.25, -0.2) is 9.13 Å². The van der Waals surface area contributed by atoms with E-state index in [0.29, 0.717) is 70.0 Å². The molecule has 2 aliphatic rings. The van der Waals surface area contributed by atoms with E-state index in [4.69, 9.17) is 46.1 Å². The molecule has 0 amide bonds. The van der Waals surface area contributed by atoms with E-state index in [1.54, 1.807) is 24.7 Å². The number of methoxy groups -OCH3 is 2. The number of phosphoric ester groups is 4. The number of Topliss-reactive ketones (excluding diaryl/α,β-unsaturated/α-hetero) is 1. The summed E-state index contributed by atoms with van der Waals surface area (Å²) in [5.74, 6) is 0.126. The van der Waals surface area contributed by atoms with Gasteiger partial charge in [-0.3, -0.25) is 36.7 Å². The topological polar surface area (TPSA) is 313 Å². The van der Waals surface area contributed by atoms with Crippen molar-refractivity contribution in [3.63, 3.8) is 0 Å². The van der Waals surface area contributed by atoms with Gasteiger partial charge in [0.05, 0.1) is 44.3 Å². The molecular formula is C33H61N3O21P4-2. The van der Waals surface area contributed by atoms with E-state index in [9.17, 15) is 42.6 Å². The van der Waals surface area contributed by atoms with Crippen molar-refractivity contribution in [1.29, 1.82) is 0 Å². The predicted molar refractivity (Wildman–Crippen MR) is 208 cm³/mol. The smallest absolute Gasteiger partial charge is 0.472 e. The van der Waals surface area contributed by atoms with Crippen LogP contribution in [0.5, 0.6) is 0 Å². The molecule has 6 unspecified atom stereocenters. The van der Waals surface area contributed by atoms with Gasteiger partial charge in [0.2, 0.25) is 0 Å². The minimum atomic E-state index is -4.81. The van der Waals surface area contributed by atoms with Gasteiger partial charge < -0.3 is 56.6 Å². The molecule has 0 aliphatic carbocycles. The highest BCUT2D eigenvalue weighted by molar-refractivity contribution is 7.47. The number of ether oxygens (including phenoxy) is 4. The molecule has 0 saturated carbocycles. The Labute approximate surface area is 355 Å². The number of phosphoric acid groups is 4. The lowest BCUT2D eigenvalue weighted by Crippen LogP contribution is -2.38. The van der Waals surface area contributed by atoms with Gasteiger partial charge in [0.1, 0.15) is 42.4 Å². The van der Waals surface area contributed by atoms with Gasteiger partial charge in [-0.15, -0.1) is 5.10 Å². The lowest BCUT2D eigenvalue weighted by Gasteiger charge is -2.31. The van der Waals surface area contributed by atoms with E-state index >= 15 is 0 Å². The van der Waals surface area contributed by atoms with E-state index in [0.717, 1.165) is 27.1 Å². The van der Waals surface area contributed by atoms with Crippen LogP contribution in [0.15, 0.2) is 6.20 Å². The van der Waals surface area contributed by atoms with Crippen LogP contribution in [0.1, 0.15) is 83.7 Å². The lowest BCUT2D eigenvalue weighted by atomic mass is 10.1. The van der Waals surface area contributed by atoms with Crippen LogP contribution in [0.4, 0.5) is 0 Å². The molecule has 0 spiro atoms. The highest BCUT2D eigenvalue weighted by Crippen LogP contribution is 2.49. The first-order valence-electron chi connectivity index (χ1n) is 19.9. The summed E-state index contributed by atoms with van der Waals surface area (Å²) < 4.78 is 111. The Kier molecular flexibility index (Phi) is 23.5. The summed E-state index contributed by atoms with van der Waals surface area (Å²) in [7, 11) is -13.7. The molecule has 24 nitrogen and oxygen atoms in total. The summed E-state index contributed by atoms with van der Waals surface area (Å²) >= 11 is 0. The van der Waals surface area contributed by atoms with E-state index in [1.807, 2.05) is 0 Å². The molecule has 2 aliphatic heterocycles. The molecule has 2 fully saturated rings. The minimum Gasteiger partial charge on any atom is -0.756 e. The third-order valence-electron chi connectivity index (χ3n) is 9.75. The third kappa shape index (κ3) is 19.6. The summed E-state index contributed by atoms with van der Waals surface area (Å²) in [4.78, 5) is 56.4. The molecular weight excluding hydrogens is 898 g/mol. The van der Waals surface area contributed by atoms with Gasteiger partial charge in [-0.05, 0) is 52.4 Å². The molecule has 61 heavy (non-hydrogen) atoms. The number of carbonyl (C=O) groups excluding carboxylic acids is 1. The summed E-state index contributed by atoms with van der Waals surface area (Å²) in [6.45, 7) is 2.55. The van der Waals surface area contributed by atoms with Crippen molar-refractivity contribution in [3.8, 4) is 0 Å². The average Bonchev–Trinajstić information content (AvgIpc) is 3.87.